The second-order valence-corrected chi connectivity index (χ2v) is 11.1. The third kappa shape index (κ3) is 7.58. The average Bonchev–Trinajstić information content (AvgIpc) is 3.05. The predicted octanol–water partition coefficient (Wildman–Crippen LogP) is 8.49. The maximum absolute atomic E-state index is 6.14. The quantitative estimate of drug-likeness (QED) is 0.382. The van der Waals surface area contributed by atoms with Crippen LogP contribution in [0.25, 0.3) is 0 Å². The molecule has 0 bridgehead atoms. The summed E-state index contributed by atoms with van der Waals surface area (Å²) in [5.74, 6) is 0.464. The lowest BCUT2D eigenvalue weighted by Gasteiger charge is -2.32. The van der Waals surface area contributed by atoms with Gasteiger partial charge in [-0.2, -0.15) is 0 Å². The lowest BCUT2D eigenvalue weighted by molar-refractivity contribution is 0.342. The molecule has 2 unspecified atom stereocenters. The molecule has 0 amide bonds. The minimum Gasteiger partial charge on any atom is -0.283 e. The standard InChI is InChI=1S/C25H29Cl2N3S.C2H6/c1-17(2)31-30-13-11-20(12-14-30)25-16-28-23(18-3-7-21(26)8-4-18)15-24(29-25)19-5-9-22(27)10-6-19;1-2/h3-10,16-17,20,23-24H,11-15H2,1-2H3;1-2H3. The number of aliphatic imine (C=N–C) groups is 2. The normalized spacial score (nSPS) is 21.8. The molecule has 2 aliphatic heterocycles. The molecule has 178 valence electrons. The van der Waals surface area contributed by atoms with Gasteiger partial charge in [0, 0.05) is 46.9 Å². The Balaban J connectivity index is 0.00000149. The first-order chi connectivity index (χ1) is 16.0. The number of hydrogen-bond acceptors (Lipinski definition) is 4. The van der Waals surface area contributed by atoms with Gasteiger partial charge in [0.1, 0.15) is 0 Å². The van der Waals surface area contributed by atoms with Crippen LogP contribution in [-0.4, -0.2) is 34.6 Å². The van der Waals surface area contributed by atoms with Crippen molar-refractivity contribution in [1.29, 1.82) is 0 Å². The molecule has 4 rings (SSSR count). The van der Waals surface area contributed by atoms with Crippen molar-refractivity contribution in [2.75, 3.05) is 13.1 Å². The molecule has 2 atom stereocenters. The molecule has 2 aliphatic rings. The van der Waals surface area contributed by atoms with Crippen LogP contribution in [0, 0.1) is 5.92 Å². The fraction of sp³-hybridized carbons (Fsp3) is 0.481. The summed E-state index contributed by atoms with van der Waals surface area (Å²) in [6.45, 7) is 10.7. The molecule has 0 aromatic heterocycles. The fourth-order valence-electron chi connectivity index (χ4n) is 4.27. The molecule has 3 nitrogen and oxygen atoms in total. The maximum Gasteiger partial charge on any atom is 0.0776 e. The van der Waals surface area contributed by atoms with Gasteiger partial charge in [0.25, 0.3) is 0 Å². The third-order valence-corrected chi connectivity index (χ3v) is 7.47. The van der Waals surface area contributed by atoms with Crippen LogP contribution in [0.5, 0.6) is 0 Å². The van der Waals surface area contributed by atoms with Crippen molar-refractivity contribution in [1.82, 2.24) is 4.31 Å². The molecular weight excluding hydrogens is 469 g/mol. The molecule has 1 saturated heterocycles. The summed E-state index contributed by atoms with van der Waals surface area (Å²) in [5, 5.41) is 2.13. The summed E-state index contributed by atoms with van der Waals surface area (Å²) in [6.07, 6.45) is 5.14. The lowest BCUT2D eigenvalue weighted by atomic mass is 9.92. The summed E-state index contributed by atoms with van der Waals surface area (Å²) >= 11 is 14.2. The van der Waals surface area contributed by atoms with E-state index in [9.17, 15) is 0 Å². The van der Waals surface area contributed by atoms with Crippen molar-refractivity contribution in [2.45, 2.75) is 64.3 Å². The highest BCUT2D eigenvalue weighted by atomic mass is 35.5. The van der Waals surface area contributed by atoms with E-state index in [0.717, 1.165) is 48.1 Å². The van der Waals surface area contributed by atoms with E-state index in [1.807, 2.05) is 56.3 Å². The Morgan fingerprint density at radius 1 is 0.848 bits per heavy atom. The second kappa shape index (κ2) is 12.9. The van der Waals surface area contributed by atoms with E-state index in [-0.39, 0.29) is 12.1 Å². The van der Waals surface area contributed by atoms with Gasteiger partial charge < -0.3 is 0 Å². The van der Waals surface area contributed by atoms with E-state index in [1.54, 1.807) is 0 Å². The van der Waals surface area contributed by atoms with Crippen molar-refractivity contribution in [3.05, 3.63) is 69.7 Å². The van der Waals surface area contributed by atoms with Crippen molar-refractivity contribution in [2.24, 2.45) is 15.9 Å². The van der Waals surface area contributed by atoms with E-state index < -0.39 is 0 Å². The Morgan fingerprint density at radius 3 is 1.88 bits per heavy atom. The van der Waals surface area contributed by atoms with Gasteiger partial charge in [0.05, 0.1) is 17.8 Å². The summed E-state index contributed by atoms with van der Waals surface area (Å²) in [5.41, 5.74) is 3.52. The topological polar surface area (TPSA) is 28.0 Å². The monoisotopic (exact) mass is 503 g/mol. The molecule has 33 heavy (non-hydrogen) atoms. The molecule has 2 aromatic rings. The van der Waals surface area contributed by atoms with E-state index in [1.165, 1.54) is 11.1 Å². The summed E-state index contributed by atoms with van der Waals surface area (Å²) in [4.78, 5) is 10.2. The molecular formula is C27H35Cl2N3S. The van der Waals surface area contributed by atoms with E-state index >= 15 is 0 Å². The van der Waals surface area contributed by atoms with E-state index in [4.69, 9.17) is 33.2 Å². The highest BCUT2D eigenvalue weighted by Gasteiger charge is 2.28. The van der Waals surface area contributed by atoms with Gasteiger partial charge in [-0.1, -0.05) is 87.1 Å². The van der Waals surface area contributed by atoms with Crippen molar-refractivity contribution in [3.8, 4) is 0 Å². The minimum atomic E-state index is 0.0655. The van der Waals surface area contributed by atoms with Crippen molar-refractivity contribution >= 4 is 47.1 Å². The van der Waals surface area contributed by atoms with Gasteiger partial charge in [0.2, 0.25) is 0 Å². The summed E-state index contributed by atoms with van der Waals surface area (Å²) in [6, 6.07) is 16.3. The Bertz CT molecular complexity index is 917. The summed E-state index contributed by atoms with van der Waals surface area (Å²) < 4.78 is 2.50. The first-order valence-corrected chi connectivity index (χ1v) is 13.6. The minimum absolute atomic E-state index is 0.0655. The van der Waals surface area contributed by atoms with Gasteiger partial charge in [-0.3, -0.25) is 14.3 Å². The highest BCUT2D eigenvalue weighted by molar-refractivity contribution is 7.97. The smallest absolute Gasteiger partial charge is 0.0776 e. The van der Waals surface area contributed by atoms with Gasteiger partial charge in [-0.25, -0.2) is 0 Å². The molecule has 2 aromatic carbocycles. The van der Waals surface area contributed by atoms with Crippen LogP contribution in [0.3, 0.4) is 0 Å². The maximum atomic E-state index is 6.14. The van der Waals surface area contributed by atoms with Crippen LogP contribution in [0.15, 0.2) is 58.5 Å². The van der Waals surface area contributed by atoms with Crippen molar-refractivity contribution in [3.63, 3.8) is 0 Å². The zero-order chi connectivity index (χ0) is 23.8. The second-order valence-electron chi connectivity index (χ2n) is 8.56. The van der Waals surface area contributed by atoms with Crippen LogP contribution in [0.4, 0.5) is 0 Å². The zero-order valence-electron chi connectivity index (χ0n) is 20.0. The van der Waals surface area contributed by atoms with Gasteiger partial charge >= 0.3 is 0 Å². The van der Waals surface area contributed by atoms with Gasteiger partial charge in [0.15, 0.2) is 0 Å². The van der Waals surface area contributed by atoms with Gasteiger partial charge in [-0.15, -0.1) is 0 Å². The number of nitrogens with zero attached hydrogens (tertiary/aromatic N) is 3. The van der Waals surface area contributed by atoms with Gasteiger partial charge in [-0.05, 0) is 48.2 Å². The average molecular weight is 505 g/mol. The zero-order valence-corrected chi connectivity index (χ0v) is 22.4. The van der Waals surface area contributed by atoms with Crippen LogP contribution < -0.4 is 0 Å². The van der Waals surface area contributed by atoms with Crippen LogP contribution in [0.2, 0.25) is 10.0 Å². The Kier molecular flexibility index (Phi) is 10.3. The SMILES string of the molecule is CC.CC(C)SN1CCC(C2=NC(c3ccc(Cl)cc3)CC(c3ccc(Cl)cc3)N=C2)CC1. The third-order valence-electron chi connectivity index (χ3n) is 5.88. The van der Waals surface area contributed by atoms with E-state index in [0.29, 0.717) is 11.2 Å². The Hall–Kier alpha value is -1.33. The highest BCUT2D eigenvalue weighted by Crippen LogP contribution is 2.36. The number of benzene rings is 2. The molecule has 0 radical (unpaired) electrons. The molecule has 6 heteroatoms. The Labute approximate surface area is 213 Å². The van der Waals surface area contributed by atoms with Crippen LogP contribution in [-0.2, 0) is 0 Å². The number of piperidine rings is 1. The number of halogens is 2. The molecule has 0 aliphatic carbocycles. The predicted molar refractivity (Wildman–Crippen MR) is 147 cm³/mol. The molecule has 0 spiro atoms. The van der Waals surface area contributed by atoms with Crippen molar-refractivity contribution < 1.29 is 0 Å². The molecule has 0 saturated carbocycles. The first kappa shape index (κ1) is 26.3. The van der Waals surface area contributed by atoms with Crippen LogP contribution >= 0.6 is 35.1 Å². The first-order valence-electron chi connectivity index (χ1n) is 12.0. The summed E-state index contributed by atoms with van der Waals surface area (Å²) in [7, 11) is 0. The largest absolute Gasteiger partial charge is 0.283 e. The Morgan fingerprint density at radius 2 is 1.36 bits per heavy atom. The van der Waals surface area contributed by atoms with Crippen LogP contribution in [0.1, 0.15) is 70.2 Å². The lowest BCUT2D eigenvalue weighted by Crippen LogP contribution is -2.33. The molecule has 1 fully saturated rings. The van der Waals surface area contributed by atoms with E-state index in [2.05, 4.69) is 42.4 Å². The molecule has 0 N–H and O–H groups in total. The number of hydrogen-bond donors (Lipinski definition) is 0. The number of rotatable bonds is 5. The molecule has 2 heterocycles. The fourth-order valence-corrected chi connectivity index (χ4v) is 5.54.